The SMILES string of the molecule is COC(=O)c1ccc(Cn2cc(C=Nc3ccc(N(C)C)cc3)c3ccccc32)o1. The molecule has 6 heteroatoms. The number of anilines is 1. The molecule has 152 valence electrons. The van der Waals surface area contributed by atoms with Crippen molar-refractivity contribution >= 4 is 34.5 Å². The maximum absolute atomic E-state index is 11.6. The van der Waals surface area contributed by atoms with Crippen LogP contribution in [0.5, 0.6) is 0 Å². The molecule has 2 heterocycles. The summed E-state index contributed by atoms with van der Waals surface area (Å²) in [6.45, 7) is 0.503. The molecule has 0 saturated carbocycles. The van der Waals surface area contributed by atoms with E-state index in [4.69, 9.17) is 9.15 Å². The van der Waals surface area contributed by atoms with E-state index in [2.05, 4.69) is 26.6 Å². The summed E-state index contributed by atoms with van der Waals surface area (Å²) in [6, 6.07) is 19.7. The minimum atomic E-state index is -0.480. The number of fused-ring (bicyclic) bond motifs is 1. The predicted octanol–water partition coefficient (Wildman–Crippen LogP) is 4.89. The van der Waals surface area contributed by atoms with Crippen molar-refractivity contribution in [3.05, 3.63) is 83.9 Å². The molecule has 0 fully saturated rings. The van der Waals surface area contributed by atoms with Gasteiger partial charge in [0.1, 0.15) is 5.76 Å². The minimum Gasteiger partial charge on any atom is -0.463 e. The Labute approximate surface area is 175 Å². The van der Waals surface area contributed by atoms with Crippen molar-refractivity contribution in [2.45, 2.75) is 6.54 Å². The van der Waals surface area contributed by atoms with Crippen LogP contribution in [-0.2, 0) is 11.3 Å². The first-order valence-electron chi connectivity index (χ1n) is 9.61. The van der Waals surface area contributed by atoms with Gasteiger partial charge < -0.3 is 18.6 Å². The van der Waals surface area contributed by atoms with E-state index >= 15 is 0 Å². The highest BCUT2D eigenvalue weighted by molar-refractivity contribution is 6.00. The monoisotopic (exact) mass is 401 g/mol. The second kappa shape index (κ2) is 8.29. The zero-order chi connectivity index (χ0) is 21.1. The molecule has 0 N–H and O–H groups in total. The van der Waals surface area contributed by atoms with Gasteiger partial charge in [0.2, 0.25) is 5.76 Å². The van der Waals surface area contributed by atoms with Crippen molar-refractivity contribution in [2.24, 2.45) is 4.99 Å². The van der Waals surface area contributed by atoms with E-state index < -0.39 is 5.97 Å². The second-order valence-corrected chi connectivity index (χ2v) is 7.16. The van der Waals surface area contributed by atoms with E-state index in [9.17, 15) is 4.79 Å². The molecule has 0 saturated heterocycles. The Balaban J connectivity index is 1.62. The number of methoxy groups -OCH3 is 1. The Hall–Kier alpha value is -3.80. The lowest BCUT2D eigenvalue weighted by molar-refractivity contribution is 0.0563. The van der Waals surface area contributed by atoms with Crippen LogP contribution in [0.25, 0.3) is 10.9 Å². The first kappa shape index (κ1) is 19.5. The number of para-hydroxylation sites is 1. The highest BCUT2D eigenvalue weighted by Crippen LogP contribution is 2.23. The summed E-state index contributed by atoms with van der Waals surface area (Å²) in [5.74, 6) is 0.401. The van der Waals surface area contributed by atoms with Gasteiger partial charge in [-0.15, -0.1) is 0 Å². The molecule has 0 unspecified atom stereocenters. The zero-order valence-electron chi connectivity index (χ0n) is 17.2. The Morgan fingerprint density at radius 1 is 1.10 bits per heavy atom. The van der Waals surface area contributed by atoms with Crippen LogP contribution in [0.2, 0.25) is 0 Å². The normalized spacial score (nSPS) is 11.3. The van der Waals surface area contributed by atoms with Gasteiger partial charge >= 0.3 is 5.97 Å². The second-order valence-electron chi connectivity index (χ2n) is 7.16. The van der Waals surface area contributed by atoms with E-state index in [1.807, 2.05) is 62.9 Å². The third-order valence-corrected chi connectivity index (χ3v) is 4.91. The number of rotatable bonds is 6. The topological polar surface area (TPSA) is 60.0 Å². The fourth-order valence-corrected chi connectivity index (χ4v) is 3.33. The quantitative estimate of drug-likeness (QED) is 0.341. The largest absolute Gasteiger partial charge is 0.463 e. The van der Waals surface area contributed by atoms with E-state index in [1.54, 1.807) is 12.1 Å². The lowest BCUT2D eigenvalue weighted by atomic mass is 10.2. The van der Waals surface area contributed by atoms with Crippen molar-refractivity contribution in [1.82, 2.24) is 4.57 Å². The predicted molar refractivity (Wildman–Crippen MR) is 119 cm³/mol. The minimum absolute atomic E-state index is 0.201. The molecule has 0 amide bonds. The molecule has 0 atom stereocenters. The smallest absolute Gasteiger partial charge is 0.373 e. The molecule has 0 radical (unpaired) electrons. The number of hydrogen-bond acceptors (Lipinski definition) is 5. The zero-order valence-corrected chi connectivity index (χ0v) is 17.2. The fourth-order valence-electron chi connectivity index (χ4n) is 3.33. The molecule has 0 aliphatic heterocycles. The lowest BCUT2D eigenvalue weighted by Crippen LogP contribution is -2.07. The summed E-state index contributed by atoms with van der Waals surface area (Å²) in [4.78, 5) is 18.3. The summed E-state index contributed by atoms with van der Waals surface area (Å²) in [5.41, 5.74) is 4.11. The molecule has 30 heavy (non-hydrogen) atoms. The van der Waals surface area contributed by atoms with Gasteiger partial charge in [-0.1, -0.05) is 18.2 Å². The summed E-state index contributed by atoms with van der Waals surface area (Å²) in [7, 11) is 5.37. The molecular formula is C24H23N3O3. The number of carbonyl (C=O) groups is 1. The maximum atomic E-state index is 11.6. The number of nitrogens with zero attached hydrogens (tertiary/aromatic N) is 3. The van der Waals surface area contributed by atoms with Crippen molar-refractivity contribution in [3.8, 4) is 0 Å². The lowest BCUT2D eigenvalue weighted by Gasteiger charge is -2.11. The van der Waals surface area contributed by atoms with Crippen molar-refractivity contribution in [2.75, 3.05) is 26.1 Å². The third kappa shape index (κ3) is 3.98. The van der Waals surface area contributed by atoms with Gasteiger partial charge in [0.15, 0.2) is 0 Å². The molecule has 4 rings (SSSR count). The van der Waals surface area contributed by atoms with Gasteiger partial charge in [-0.25, -0.2) is 4.79 Å². The number of aliphatic imine (C=N–C) groups is 1. The number of carbonyl (C=O) groups excluding carboxylic acids is 1. The molecule has 2 aromatic heterocycles. The number of ether oxygens (including phenoxy) is 1. The van der Waals surface area contributed by atoms with Crippen LogP contribution in [0.3, 0.4) is 0 Å². The van der Waals surface area contributed by atoms with E-state index in [0.29, 0.717) is 12.3 Å². The van der Waals surface area contributed by atoms with E-state index in [1.165, 1.54) is 7.11 Å². The van der Waals surface area contributed by atoms with Crippen LogP contribution in [0.4, 0.5) is 11.4 Å². The Kier molecular flexibility index (Phi) is 5.39. The molecule has 0 spiro atoms. The van der Waals surface area contributed by atoms with Crippen molar-refractivity contribution in [3.63, 3.8) is 0 Å². The summed E-state index contributed by atoms with van der Waals surface area (Å²) in [6.07, 6.45) is 3.92. The molecule has 4 aromatic rings. The van der Waals surface area contributed by atoms with Gasteiger partial charge in [-0.05, 0) is 42.5 Å². The highest BCUT2D eigenvalue weighted by Gasteiger charge is 2.13. The van der Waals surface area contributed by atoms with Gasteiger partial charge in [0.25, 0.3) is 0 Å². The number of furan rings is 1. The van der Waals surface area contributed by atoms with E-state index in [-0.39, 0.29) is 5.76 Å². The highest BCUT2D eigenvalue weighted by atomic mass is 16.5. The third-order valence-electron chi connectivity index (χ3n) is 4.91. The number of esters is 1. The van der Waals surface area contributed by atoms with Crippen LogP contribution < -0.4 is 4.90 Å². The van der Waals surface area contributed by atoms with Gasteiger partial charge in [0.05, 0.1) is 19.3 Å². The Morgan fingerprint density at radius 2 is 1.87 bits per heavy atom. The van der Waals surface area contributed by atoms with Crippen molar-refractivity contribution < 1.29 is 13.9 Å². The molecule has 6 nitrogen and oxygen atoms in total. The van der Waals surface area contributed by atoms with E-state index in [0.717, 1.165) is 27.8 Å². The Morgan fingerprint density at radius 3 is 2.60 bits per heavy atom. The summed E-state index contributed by atoms with van der Waals surface area (Å²) in [5, 5.41) is 1.10. The van der Waals surface area contributed by atoms with Crippen LogP contribution in [0, 0.1) is 0 Å². The summed E-state index contributed by atoms with van der Waals surface area (Å²) < 4.78 is 12.4. The molecular weight excluding hydrogens is 378 g/mol. The van der Waals surface area contributed by atoms with Crippen molar-refractivity contribution in [1.29, 1.82) is 0 Å². The molecule has 2 aromatic carbocycles. The molecule has 0 aliphatic rings. The van der Waals surface area contributed by atoms with Crippen LogP contribution in [0.15, 0.2) is 76.3 Å². The van der Waals surface area contributed by atoms with Crippen LogP contribution in [-0.4, -0.2) is 38.0 Å². The van der Waals surface area contributed by atoms with Gasteiger partial charge in [-0.2, -0.15) is 0 Å². The average Bonchev–Trinajstić information content (AvgIpc) is 3.37. The van der Waals surface area contributed by atoms with Gasteiger partial charge in [0, 0.05) is 48.7 Å². The number of benzene rings is 2. The summed E-state index contributed by atoms with van der Waals surface area (Å²) >= 11 is 0. The number of aromatic nitrogens is 1. The molecule has 0 bridgehead atoms. The Bertz CT molecular complexity index is 1200. The first-order chi connectivity index (χ1) is 14.5. The fraction of sp³-hybridized carbons (Fsp3) is 0.167. The van der Waals surface area contributed by atoms with Crippen LogP contribution >= 0.6 is 0 Å². The maximum Gasteiger partial charge on any atom is 0.373 e. The average molecular weight is 401 g/mol. The van der Waals surface area contributed by atoms with Gasteiger partial charge in [-0.3, -0.25) is 4.99 Å². The number of hydrogen-bond donors (Lipinski definition) is 0. The first-order valence-corrected chi connectivity index (χ1v) is 9.61. The molecule has 0 aliphatic carbocycles. The standard InChI is InChI=1S/C24H23N3O3/c1-26(2)19-10-8-18(9-11-19)25-14-17-15-27(22-7-5-4-6-21(17)22)16-20-12-13-23(30-20)24(28)29-3/h4-15H,16H2,1-3H3. The van der Waals surface area contributed by atoms with Crippen LogP contribution in [0.1, 0.15) is 21.9 Å².